The van der Waals surface area contributed by atoms with Crippen LogP contribution in [0.2, 0.25) is 0 Å². The maximum atomic E-state index is 12.5. The molecule has 19 heavy (non-hydrogen) atoms. The quantitative estimate of drug-likeness (QED) is 0.774. The van der Waals surface area contributed by atoms with Crippen molar-refractivity contribution in [2.75, 3.05) is 13.1 Å². The number of carbonyl (C=O) groups excluding carboxylic acids is 1. The Morgan fingerprint density at radius 2 is 1.89 bits per heavy atom. The Labute approximate surface area is 113 Å². The Bertz CT molecular complexity index is 435. The number of hydrogen-bond donors (Lipinski definition) is 1. The van der Waals surface area contributed by atoms with E-state index in [0.29, 0.717) is 37.8 Å². The van der Waals surface area contributed by atoms with Crippen LogP contribution in [-0.4, -0.2) is 35.0 Å². The summed E-state index contributed by atoms with van der Waals surface area (Å²) < 4.78 is 0. The number of hydrogen-bond acceptors (Lipinski definition) is 2. The van der Waals surface area contributed by atoms with Gasteiger partial charge in [-0.15, -0.1) is 0 Å². The molecule has 0 radical (unpaired) electrons. The van der Waals surface area contributed by atoms with Crippen molar-refractivity contribution in [3.05, 3.63) is 12.2 Å². The minimum atomic E-state index is -0.734. The summed E-state index contributed by atoms with van der Waals surface area (Å²) in [6.07, 6.45) is 7.72. The molecule has 104 valence electrons. The number of fused-ring (bicyclic) bond motifs is 2. The van der Waals surface area contributed by atoms with Crippen molar-refractivity contribution in [2.45, 2.75) is 32.6 Å². The first kappa shape index (κ1) is 12.7. The molecule has 3 rings (SSSR count). The number of carboxylic acid groups (broad SMARTS) is 1. The third-order valence-electron chi connectivity index (χ3n) is 5.29. The van der Waals surface area contributed by atoms with E-state index in [1.165, 1.54) is 0 Å². The first-order chi connectivity index (χ1) is 8.99. The lowest BCUT2D eigenvalue weighted by molar-refractivity contribution is -0.154. The van der Waals surface area contributed by atoms with Crippen LogP contribution in [0.5, 0.6) is 0 Å². The van der Waals surface area contributed by atoms with E-state index in [-0.39, 0.29) is 11.8 Å². The lowest BCUT2D eigenvalue weighted by Crippen LogP contribution is -2.47. The van der Waals surface area contributed by atoms with Gasteiger partial charge in [-0.3, -0.25) is 9.59 Å². The number of rotatable bonds is 2. The van der Waals surface area contributed by atoms with E-state index < -0.39 is 11.4 Å². The summed E-state index contributed by atoms with van der Waals surface area (Å²) in [6, 6.07) is 0. The molecule has 1 N–H and O–H groups in total. The number of likely N-dealkylation sites (tertiary alicyclic amines) is 1. The molecule has 4 nitrogen and oxygen atoms in total. The summed E-state index contributed by atoms with van der Waals surface area (Å²) in [4.78, 5) is 25.6. The highest BCUT2D eigenvalue weighted by atomic mass is 16.4. The average Bonchev–Trinajstić information content (AvgIpc) is 3.01. The maximum Gasteiger partial charge on any atom is 0.309 e. The Morgan fingerprint density at radius 3 is 2.37 bits per heavy atom. The zero-order valence-corrected chi connectivity index (χ0v) is 11.3. The molecule has 3 aliphatic rings. The predicted octanol–water partition coefficient (Wildman–Crippen LogP) is 1.91. The Kier molecular flexibility index (Phi) is 2.91. The van der Waals surface area contributed by atoms with E-state index in [1.54, 1.807) is 6.92 Å². The van der Waals surface area contributed by atoms with Gasteiger partial charge in [0.05, 0.1) is 5.41 Å². The van der Waals surface area contributed by atoms with E-state index in [0.717, 1.165) is 12.8 Å². The Balaban J connectivity index is 1.61. The largest absolute Gasteiger partial charge is 0.481 e. The second-order valence-electron chi connectivity index (χ2n) is 6.58. The highest BCUT2D eigenvalue weighted by Gasteiger charge is 2.44. The topological polar surface area (TPSA) is 57.6 Å². The second kappa shape index (κ2) is 4.36. The number of aliphatic carboxylic acids is 1. The molecule has 1 amide bonds. The normalized spacial score (nSPS) is 35.6. The number of carbonyl (C=O) groups is 2. The minimum Gasteiger partial charge on any atom is -0.481 e. The number of amides is 1. The van der Waals surface area contributed by atoms with Crippen molar-refractivity contribution >= 4 is 11.9 Å². The molecule has 0 spiro atoms. The van der Waals surface area contributed by atoms with Gasteiger partial charge in [-0.05, 0) is 44.4 Å². The molecule has 1 saturated heterocycles. The number of allylic oxidation sites excluding steroid dienone is 2. The van der Waals surface area contributed by atoms with Crippen LogP contribution in [0.15, 0.2) is 12.2 Å². The third-order valence-corrected chi connectivity index (χ3v) is 5.29. The van der Waals surface area contributed by atoms with Crippen LogP contribution in [-0.2, 0) is 9.59 Å². The number of piperidine rings is 1. The van der Waals surface area contributed by atoms with Crippen molar-refractivity contribution < 1.29 is 14.7 Å². The molecular formula is C15H21NO3. The van der Waals surface area contributed by atoms with Crippen molar-refractivity contribution in [1.29, 1.82) is 0 Å². The van der Waals surface area contributed by atoms with Gasteiger partial charge < -0.3 is 10.0 Å². The fourth-order valence-corrected chi connectivity index (χ4v) is 3.73. The van der Waals surface area contributed by atoms with Gasteiger partial charge in [0.1, 0.15) is 0 Å². The van der Waals surface area contributed by atoms with Crippen LogP contribution in [0.1, 0.15) is 32.6 Å². The standard InChI is InChI=1S/C15H21NO3/c1-15(14(18)19)4-6-16(7-5-15)13(17)12-9-10-2-3-11(12)8-10/h2-3,10-12H,4-9H2,1H3,(H,18,19). The fourth-order valence-electron chi connectivity index (χ4n) is 3.73. The van der Waals surface area contributed by atoms with Crippen LogP contribution in [0.3, 0.4) is 0 Å². The molecule has 3 atom stereocenters. The van der Waals surface area contributed by atoms with Crippen molar-refractivity contribution in [2.24, 2.45) is 23.2 Å². The number of nitrogens with zero attached hydrogens (tertiary/aromatic N) is 1. The molecule has 4 heteroatoms. The Morgan fingerprint density at radius 1 is 1.21 bits per heavy atom. The van der Waals surface area contributed by atoms with Gasteiger partial charge in [-0.2, -0.15) is 0 Å². The summed E-state index contributed by atoms with van der Waals surface area (Å²) in [5.41, 5.74) is -0.647. The van der Waals surface area contributed by atoms with Crippen LogP contribution >= 0.6 is 0 Å². The van der Waals surface area contributed by atoms with Gasteiger partial charge in [0.25, 0.3) is 0 Å². The maximum absolute atomic E-state index is 12.5. The predicted molar refractivity (Wildman–Crippen MR) is 70.4 cm³/mol. The molecular weight excluding hydrogens is 242 g/mol. The second-order valence-corrected chi connectivity index (χ2v) is 6.58. The van der Waals surface area contributed by atoms with Crippen molar-refractivity contribution in [3.8, 4) is 0 Å². The van der Waals surface area contributed by atoms with Gasteiger partial charge in [0.15, 0.2) is 0 Å². The van der Waals surface area contributed by atoms with Gasteiger partial charge in [0.2, 0.25) is 5.91 Å². The van der Waals surface area contributed by atoms with Crippen LogP contribution in [0.25, 0.3) is 0 Å². The first-order valence-corrected chi connectivity index (χ1v) is 7.20. The third kappa shape index (κ3) is 2.07. The van der Waals surface area contributed by atoms with Gasteiger partial charge in [-0.25, -0.2) is 0 Å². The summed E-state index contributed by atoms with van der Waals surface area (Å²) in [7, 11) is 0. The van der Waals surface area contributed by atoms with E-state index in [9.17, 15) is 14.7 Å². The number of carboxylic acids is 1. The van der Waals surface area contributed by atoms with Gasteiger partial charge in [-0.1, -0.05) is 12.2 Å². The zero-order valence-electron chi connectivity index (χ0n) is 11.3. The summed E-state index contributed by atoms with van der Waals surface area (Å²) in [5.74, 6) is 0.717. The lowest BCUT2D eigenvalue weighted by atomic mass is 9.80. The summed E-state index contributed by atoms with van der Waals surface area (Å²) in [5, 5.41) is 9.21. The van der Waals surface area contributed by atoms with Crippen LogP contribution < -0.4 is 0 Å². The molecule has 2 aliphatic carbocycles. The molecule has 3 unspecified atom stereocenters. The average molecular weight is 263 g/mol. The van der Waals surface area contributed by atoms with Gasteiger partial charge in [0, 0.05) is 19.0 Å². The first-order valence-electron chi connectivity index (χ1n) is 7.20. The van der Waals surface area contributed by atoms with Crippen LogP contribution in [0.4, 0.5) is 0 Å². The smallest absolute Gasteiger partial charge is 0.309 e. The SMILES string of the molecule is CC1(C(=O)O)CCN(C(=O)C2CC3C=CC2C3)CC1. The highest BCUT2D eigenvalue weighted by molar-refractivity contribution is 5.81. The van der Waals surface area contributed by atoms with E-state index >= 15 is 0 Å². The van der Waals surface area contributed by atoms with E-state index in [2.05, 4.69) is 12.2 Å². The molecule has 0 aromatic rings. The molecule has 2 bridgehead atoms. The molecule has 1 heterocycles. The Hall–Kier alpha value is -1.32. The summed E-state index contributed by atoms with van der Waals surface area (Å²) in [6.45, 7) is 2.98. The van der Waals surface area contributed by atoms with E-state index in [4.69, 9.17) is 0 Å². The lowest BCUT2D eigenvalue weighted by Gasteiger charge is -2.38. The van der Waals surface area contributed by atoms with E-state index in [1.807, 2.05) is 4.90 Å². The van der Waals surface area contributed by atoms with Crippen molar-refractivity contribution in [1.82, 2.24) is 4.90 Å². The minimum absolute atomic E-state index is 0.157. The fraction of sp³-hybridized carbons (Fsp3) is 0.733. The molecule has 2 fully saturated rings. The van der Waals surface area contributed by atoms with Crippen molar-refractivity contribution in [3.63, 3.8) is 0 Å². The van der Waals surface area contributed by atoms with Gasteiger partial charge >= 0.3 is 5.97 Å². The zero-order chi connectivity index (χ0) is 13.6. The molecule has 0 aromatic carbocycles. The van der Waals surface area contributed by atoms with Crippen LogP contribution in [0, 0.1) is 23.2 Å². The molecule has 1 saturated carbocycles. The monoisotopic (exact) mass is 263 g/mol. The summed E-state index contributed by atoms with van der Waals surface area (Å²) >= 11 is 0. The highest BCUT2D eigenvalue weighted by Crippen LogP contribution is 2.44. The molecule has 0 aromatic heterocycles. The molecule has 1 aliphatic heterocycles.